The first kappa shape index (κ1) is 20.2. The molecule has 1 aromatic rings. The highest BCUT2D eigenvalue weighted by atomic mass is 16.6. The molecule has 25 heavy (non-hydrogen) atoms. The first-order valence-electron chi connectivity index (χ1n) is 7.68. The van der Waals surface area contributed by atoms with Gasteiger partial charge in [0.25, 0.3) is 0 Å². The standard InChI is InChI=1S/C18H23NO6/c1-18(2,3)25-17(22)19-14(13-8-6-5-7-9-13)12-24-16(21)11-10-15(20)23-4/h5-11,14H,12H2,1-4H3,(H,19,22)/b11-10+/t14-/m0/s1. The van der Waals surface area contributed by atoms with E-state index in [2.05, 4.69) is 10.1 Å². The number of alkyl carbamates (subject to hydrolysis) is 1. The minimum Gasteiger partial charge on any atom is -0.466 e. The normalized spacial score (nSPS) is 12.3. The van der Waals surface area contributed by atoms with Crippen LogP contribution >= 0.6 is 0 Å². The van der Waals surface area contributed by atoms with Crippen molar-refractivity contribution in [3.8, 4) is 0 Å². The van der Waals surface area contributed by atoms with Gasteiger partial charge in [0, 0.05) is 12.2 Å². The van der Waals surface area contributed by atoms with Gasteiger partial charge in [-0.15, -0.1) is 0 Å². The molecule has 0 aliphatic heterocycles. The van der Waals surface area contributed by atoms with Gasteiger partial charge in [0.2, 0.25) is 0 Å². The molecule has 0 aliphatic carbocycles. The number of rotatable bonds is 6. The molecular formula is C18H23NO6. The average molecular weight is 349 g/mol. The van der Waals surface area contributed by atoms with Crippen molar-refractivity contribution in [2.75, 3.05) is 13.7 Å². The minimum absolute atomic E-state index is 0.117. The van der Waals surface area contributed by atoms with Crippen LogP contribution in [0.4, 0.5) is 4.79 Å². The summed E-state index contributed by atoms with van der Waals surface area (Å²) in [4.78, 5) is 34.6. The Labute approximate surface area is 146 Å². The lowest BCUT2D eigenvalue weighted by Crippen LogP contribution is -2.37. The Hall–Kier alpha value is -2.83. The van der Waals surface area contributed by atoms with Crippen LogP contribution in [0.15, 0.2) is 42.5 Å². The lowest BCUT2D eigenvalue weighted by Gasteiger charge is -2.23. The number of methoxy groups -OCH3 is 1. The average Bonchev–Trinajstić information content (AvgIpc) is 2.55. The molecule has 0 saturated heterocycles. The molecule has 0 heterocycles. The molecule has 1 aromatic carbocycles. The molecule has 0 aliphatic rings. The van der Waals surface area contributed by atoms with Crippen LogP contribution in [0.25, 0.3) is 0 Å². The van der Waals surface area contributed by atoms with Crippen LogP contribution in [0.5, 0.6) is 0 Å². The summed E-state index contributed by atoms with van der Waals surface area (Å²) >= 11 is 0. The van der Waals surface area contributed by atoms with Gasteiger partial charge in [-0.3, -0.25) is 0 Å². The topological polar surface area (TPSA) is 90.9 Å². The zero-order chi connectivity index (χ0) is 18.9. The van der Waals surface area contributed by atoms with Crippen molar-refractivity contribution in [3.05, 3.63) is 48.0 Å². The maximum absolute atomic E-state index is 12.0. The number of nitrogens with one attached hydrogen (secondary N) is 1. The lowest BCUT2D eigenvalue weighted by atomic mass is 10.1. The number of carbonyl (C=O) groups is 3. The third kappa shape index (κ3) is 8.55. The van der Waals surface area contributed by atoms with Crippen molar-refractivity contribution < 1.29 is 28.6 Å². The van der Waals surface area contributed by atoms with E-state index in [4.69, 9.17) is 9.47 Å². The van der Waals surface area contributed by atoms with Gasteiger partial charge in [-0.25, -0.2) is 14.4 Å². The Morgan fingerprint density at radius 1 is 1.08 bits per heavy atom. The zero-order valence-corrected chi connectivity index (χ0v) is 14.8. The number of benzene rings is 1. The van der Waals surface area contributed by atoms with Crippen LogP contribution in [0.2, 0.25) is 0 Å². The molecule has 7 heteroatoms. The van der Waals surface area contributed by atoms with Crippen LogP contribution in [0.1, 0.15) is 32.4 Å². The molecular weight excluding hydrogens is 326 g/mol. The third-order valence-corrected chi connectivity index (χ3v) is 2.84. The van der Waals surface area contributed by atoms with Crippen molar-refractivity contribution in [1.82, 2.24) is 5.32 Å². The third-order valence-electron chi connectivity index (χ3n) is 2.84. The maximum atomic E-state index is 12.0. The number of esters is 2. The molecule has 0 bridgehead atoms. The highest BCUT2D eigenvalue weighted by molar-refractivity contribution is 5.91. The van der Waals surface area contributed by atoms with Crippen molar-refractivity contribution >= 4 is 18.0 Å². The fourth-order valence-electron chi connectivity index (χ4n) is 1.77. The van der Waals surface area contributed by atoms with E-state index in [-0.39, 0.29) is 6.61 Å². The van der Waals surface area contributed by atoms with E-state index in [0.29, 0.717) is 0 Å². The summed E-state index contributed by atoms with van der Waals surface area (Å²) < 4.78 is 14.7. The monoisotopic (exact) mass is 349 g/mol. The second-order valence-electron chi connectivity index (χ2n) is 6.10. The molecule has 1 rings (SSSR count). The van der Waals surface area contributed by atoms with Crippen LogP contribution in [-0.2, 0) is 23.8 Å². The molecule has 0 saturated carbocycles. The molecule has 0 spiro atoms. The predicted molar refractivity (Wildman–Crippen MR) is 90.7 cm³/mol. The van der Waals surface area contributed by atoms with Gasteiger partial charge in [0.15, 0.2) is 0 Å². The van der Waals surface area contributed by atoms with E-state index in [1.165, 1.54) is 7.11 Å². The Morgan fingerprint density at radius 3 is 2.24 bits per heavy atom. The second kappa shape index (κ2) is 9.46. The van der Waals surface area contributed by atoms with Gasteiger partial charge >= 0.3 is 18.0 Å². The predicted octanol–water partition coefficient (Wildman–Crippen LogP) is 2.52. The second-order valence-corrected chi connectivity index (χ2v) is 6.10. The quantitative estimate of drug-likeness (QED) is 0.482. The number of amides is 1. The molecule has 0 radical (unpaired) electrons. The molecule has 1 N–H and O–H groups in total. The summed E-state index contributed by atoms with van der Waals surface area (Å²) in [7, 11) is 1.20. The number of hydrogen-bond donors (Lipinski definition) is 1. The minimum atomic E-state index is -0.725. The summed E-state index contributed by atoms with van der Waals surface area (Å²) in [5, 5.41) is 2.67. The molecule has 0 unspecified atom stereocenters. The first-order valence-corrected chi connectivity index (χ1v) is 7.68. The number of ether oxygens (including phenoxy) is 3. The van der Waals surface area contributed by atoms with Gasteiger partial charge in [-0.2, -0.15) is 0 Å². The van der Waals surface area contributed by atoms with E-state index in [1.54, 1.807) is 45.0 Å². The highest BCUT2D eigenvalue weighted by Gasteiger charge is 2.21. The van der Waals surface area contributed by atoms with Gasteiger partial charge in [0.1, 0.15) is 12.2 Å². The number of hydrogen-bond acceptors (Lipinski definition) is 6. The molecule has 136 valence electrons. The Morgan fingerprint density at radius 2 is 1.68 bits per heavy atom. The van der Waals surface area contributed by atoms with Crippen molar-refractivity contribution in [2.45, 2.75) is 32.4 Å². The van der Waals surface area contributed by atoms with Crippen LogP contribution < -0.4 is 5.32 Å². The van der Waals surface area contributed by atoms with E-state index in [1.807, 2.05) is 6.07 Å². The summed E-state index contributed by atoms with van der Waals surface area (Å²) in [6, 6.07) is 8.43. The van der Waals surface area contributed by atoms with Gasteiger partial charge in [-0.1, -0.05) is 30.3 Å². The van der Waals surface area contributed by atoms with Crippen LogP contribution in [0.3, 0.4) is 0 Å². The van der Waals surface area contributed by atoms with Crippen LogP contribution in [-0.4, -0.2) is 37.3 Å². The molecule has 1 amide bonds. The summed E-state index contributed by atoms with van der Waals surface area (Å²) in [5.41, 5.74) is 0.101. The van der Waals surface area contributed by atoms with E-state index in [0.717, 1.165) is 17.7 Å². The molecule has 1 atom stereocenters. The summed E-state index contributed by atoms with van der Waals surface area (Å²) in [6.45, 7) is 5.14. The van der Waals surface area contributed by atoms with Crippen molar-refractivity contribution in [2.24, 2.45) is 0 Å². The maximum Gasteiger partial charge on any atom is 0.408 e. The smallest absolute Gasteiger partial charge is 0.408 e. The van der Waals surface area contributed by atoms with E-state index in [9.17, 15) is 14.4 Å². The van der Waals surface area contributed by atoms with E-state index < -0.39 is 29.7 Å². The van der Waals surface area contributed by atoms with Crippen molar-refractivity contribution in [1.29, 1.82) is 0 Å². The van der Waals surface area contributed by atoms with Gasteiger partial charge < -0.3 is 19.5 Å². The van der Waals surface area contributed by atoms with Crippen LogP contribution in [0, 0.1) is 0 Å². The Bertz CT molecular complexity index is 618. The summed E-state index contributed by atoms with van der Waals surface area (Å²) in [5.74, 6) is -1.39. The fourth-order valence-corrected chi connectivity index (χ4v) is 1.77. The van der Waals surface area contributed by atoms with Gasteiger partial charge in [-0.05, 0) is 26.3 Å². The fraction of sp³-hybridized carbons (Fsp3) is 0.389. The largest absolute Gasteiger partial charge is 0.466 e. The van der Waals surface area contributed by atoms with Crippen molar-refractivity contribution in [3.63, 3.8) is 0 Å². The lowest BCUT2D eigenvalue weighted by molar-refractivity contribution is -0.140. The SMILES string of the molecule is COC(=O)/C=C/C(=O)OC[C@H](NC(=O)OC(C)(C)C)c1ccccc1. The Balaban J connectivity index is 2.73. The van der Waals surface area contributed by atoms with Gasteiger partial charge in [0.05, 0.1) is 13.2 Å². The summed E-state index contributed by atoms with van der Waals surface area (Å²) in [6.07, 6.45) is 1.30. The number of carbonyl (C=O) groups excluding carboxylic acids is 3. The molecule has 0 aromatic heterocycles. The van der Waals surface area contributed by atoms with E-state index >= 15 is 0 Å². The molecule has 0 fully saturated rings. The molecule has 7 nitrogen and oxygen atoms in total. The Kier molecular flexibility index (Phi) is 7.65. The zero-order valence-electron chi connectivity index (χ0n) is 14.8. The first-order chi connectivity index (χ1) is 11.7. The highest BCUT2D eigenvalue weighted by Crippen LogP contribution is 2.15.